The largest absolute Gasteiger partial charge is 0.497 e. The van der Waals surface area contributed by atoms with E-state index in [-0.39, 0.29) is 6.61 Å². The van der Waals surface area contributed by atoms with Crippen LogP contribution in [0.15, 0.2) is 24.3 Å². The minimum Gasteiger partial charge on any atom is -0.497 e. The molecule has 27 heavy (non-hydrogen) atoms. The van der Waals surface area contributed by atoms with Gasteiger partial charge in [0.1, 0.15) is 17.8 Å². The van der Waals surface area contributed by atoms with Gasteiger partial charge in [-0.3, -0.25) is 19.8 Å². The number of urea groups is 1. The fraction of sp³-hybridized carbons (Fsp3) is 0.444. The molecular weight excluding hydrogens is 354 g/mol. The first-order valence-corrected chi connectivity index (χ1v) is 8.52. The number of imide groups is 2. The zero-order valence-electron chi connectivity index (χ0n) is 15.5. The van der Waals surface area contributed by atoms with Crippen LogP contribution in [-0.4, -0.2) is 54.6 Å². The molecular formula is C18H23N3O6. The zero-order valence-corrected chi connectivity index (χ0v) is 15.5. The van der Waals surface area contributed by atoms with Gasteiger partial charge in [-0.2, -0.15) is 0 Å². The number of carbonyl (C=O) groups is 4. The first kappa shape index (κ1) is 20.2. The zero-order chi connectivity index (χ0) is 20.0. The Bertz CT molecular complexity index is 733. The van der Waals surface area contributed by atoms with E-state index in [0.717, 1.165) is 16.2 Å². The van der Waals surface area contributed by atoms with Gasteiger partial charge in [0.05, 0.1) is 13.7 Å². The van der Waals surface area contributed by atoms with Crippen LogP contribution in [0.25, 0.3) is 0 Å². The predicted octanol–water partition coefficient (Wildman–Crippen LogP) is 1.21. The Morgan fingerprint density at radius 3 is 2.48 bits per heavy atom. The monoisotopic (exact) mass is 377 g/mol. The van der Waals surface area contributed by atoms with E-state index in [9.17, 15) is 19.2 Å². The van der Waals surface area contributed by atoms with Gasteiger partial charge in [0, 0.05) is 0 Å². The Hall–Kier alpha value is -3.10. The van der Waals surface area contributed by atoms with Crippen LogP contribution in [0.5, 0.6) is 5.75 Å². The third-order valence-corrected chi connectivity index (χ3v) is 4.24. The highest BCUT2D eigenvalue weighted by atomic mass is 16.5. The van der Waals surface area contributed by atoms with Gasteiger partial charge >= 0.3 is 12.1 Å². The van der Waals surface area contributed by atoms with Crippen LogP contribution in [-0.2, 0) is 20.7 Å². The first-order chi connectivity index (χ1) is 12.8. The minimum atomic E-state index is -1.12. The smallest absolute Gasteiger partial charge is 0.413 e. The van der Waals surface area contributed by atoms with Crippen molar-refractivity contribution in [3.05, 3.63) is 29.8 Å². The number of methoxy groups -OCH3 is 1. The lowest BCUT2D eigenvalue weighted by Gasteiger charge is -2.21. The van der Waals surface area contributed by atoms with Crippen molar-refractivity contribution < 1.29 is 28.7 Å². The summed E-state index contributed by atoms with van der Waals surface area (Å²) in [6, 6.07) is 6.73. The molecule has 1 aromatic carbocycles. The second-order valence-corrected chi connectivity index (χ2v) is 6.27. The van der Waals surface area contributed by atoms with E-state index in [2.05, 4.69) is 10.1 Å². The van der Waals surface area contributed by atoms with Gasteiger partial charge in [0.15, 0.2) is 0 Å². The van der Waals surface area contributed by atoms with Crippen molar-refractivity contribution in [3.8, 4) is 5.75 Å². The third kappa shape index (κ3) is 4.96. The van der Waals surface area contributed by atoms with Crippen molar-refractivity contribution in [1.82, 2.24) is 15.5 Å². The molecule has 9 heteroatoms. The number of nitrogens with zero attached hydrogens (tertiary/aromatic N) is 1. The molecule has 0 aromatic heterocycles. The summed E-state index contributed by atoms with van der Waals surface area (Å²) in [6.45, 7) is 2.75. The van der Waals surface area contributed by atoms with Gasteiger partial charge in [-0.1, -0.05) is 12.1 Å². The van der Waals surface area contributed by atoms with Gasteiger partial charge < -0.3 is 14.8 Å². The maximum absolute atomic E-state index is 12.6. The summed E-state index contributed by atoms with van der Waals surface area (Å²) >= 11 is 0. The highest BCUT2D eigenvalue weighted by Crippen LogP contribution is 2.23. The lowest BCUT2D eigenvalue weighted by Crippen LogP contribution is -2.46. The van der Waals surface area contributed by atoms with Gasteiger partial charge in [-0.25, -0.2) is 9.59 Å². The molecule has 1 heterocycles. The number of carbonyl (C=O) groups excluding carboxylic acids is 4. The van der Waals surface area contributed by atoms with Crippen molar-refractivity contribution >= 4 is 23.9 Å². The average Bonchev–Trinajstić information content (AvgIpc) is 2.84. The van der Waals surface area contributed by atoms with Crippen molar-refractivity contribution in [2.24, 2.45) is 0 Å². The number of hydrogen-bond donors (Lipinski definition) is 2. The van der Waals surface area contributed by atoms with E-state index >= 15 is 0 Å². The summed E-state index contributed by atoms with van der Waals surface area (Å²) in [5.41, 5.74) is -0.140. The lowest BCUT2D eigenvalue weighted by atomic mass is 9.93. The molecule has 0 aliphatic carbocycles. The van der Waals surface area contributed by atoms with Crippen molar-refractivity contribution in [2.75, 3.05) is 20.3 Å². The fourth-order valence-electron chi connectivity index (χ4n) is 2.71. The molecule has 1 aromatic rings. The summed E-state index contributed by atoms with van der Waals surface area (Å²) in [7, 11) is 1.58. The second-order valence-electron chi connectivity index (χ2n) is 6.27. The van der Waals surface area contributed by atoms with Crippen molar-refractivity contribution in [1.29, 1.82) is 0 Å². The highest BCUT2D eigenvalue weighted by Gasteiger charge is 2.47. The molecule has 1 atom stereocenters. The van der Waals surface area contributed by atoms with Gasteiger partial charge in [0.2, 0.25) is 5.91 Å². The van der Waals surface area contributed by atoms with E-state index in [1.165, 1.54) is 0 Å². The maximum Gasteiger partial charge on any atom is 0.413 e. The maximum atomic E-state index is 12.6. The number of rotatable bonds is 7. The number of nitrogens with one attached hydrogen (secondary N) is 2. The average molecular weight is 377 g/mol. The van der Waals surface area contributed by atoms with Crippen LogP contribution < -0.4 is 15.4 Å². The van der Waals surface area contributed by atoms with Crippen LogP contribution >= 0.6 is 0 Å². The van der Waals surface area contributed by atoms with Gasteiger partial charge in [-0.15, -0.1) is 0 Å². The van der Waals surface area contributed by atoms with Crippen LogP contribution in [0.4, 0.5) is 9.59 Å². The molecule has 5 amide bonds. The molecule has 0 radical (unpaired) electrons. The number of alkyl carbamates (subject to hydrolysis) is 1. The Morgan fingerprint density at radius 1 is 1.22 bits per heavy atom. The summed E-state index contributed by atoms with van der Waals surface area (Å²) < 4.78 is 9.70. The summed E-state index contributed by atoms with van der Waals surface area (Å²) in [6.07, 6.45) is -0.00763. The molecule has 0 saturated carbocycles. The summed E-state index contributed by atoms with van der Waals surface area (Å²) in [5, 5.41) is 4.58. The standard InChI is InChI=1S/C18H23N3O6/c1-4-27-17(25)19-14(22)11-21-15(23)18(2,20-16(21)24)10-9-12-5-7-13(26-3)8-6-12/h5-8H,4,9-11H2,1-3H3,(H,20,24)(H,19,22,25)/t18-/m0/s1. The quantitative estimate of drug-likeness (QED) is 0.691. The third-order valence-electron chi connectivity index (χ3n) is 4.24. The number of aryl methyl sites for hydroxylation is 1. The van der Waals surface area contributed by atoms with E-state index in [1.54, 1.807) is 21.0 Å². The molecule has 2 rings (SSSR count). The number of benzene rings is 1. The lowest BCUT2D eigenvalue weighted by molar-refractivity contribution is -0.134. The fourth-order valence-corrected chi connectivity index (χ4v) is 2.71. The Balaban J connectivity index is 1.96. The summed E-state index contributed by atoms with van der Waals surface area (Å²) in [4.78, 5) is 48.6. The van der Waals surface area contributed by atoms with E-state index in [0.29, 0.717) is 12.8 Å². The van der Waals surface area contributed by atoms with Crippen LogP contribution in [0.1, 0.15) is 25.8 Å². The Kier molecular flexibility index (Phi) is 6.38. The molecule has 1 fully saturated rings. The molecule has 2 N–H and O–H groups in total. The number of amides is 5. The van der Waals surface area contributed by atoms with Crippen LogP contribution in [0, 0.1) is 0 Å². The molecule has 0 unspecified atom stereocenters. The van der Waals surface area contributed by atoms with E-state index < -0.39 is 36.0 Å². The number of hydrogen-bond acceptors (Lipinski definition) is 6. The highest BCUT2D eigenvalue weighted by molar-refractivity contribution is 6.09. The van der Waals surface area contributed by atoms with Gasteiger partial charge in [-0.05, 0) is 44.4 Å². The molecule has 0 bridgehead atoms. The Morgan fingerprint density at radius 2 is 1.89 bits per heavy atom. The first-order valence-electron chi connectivity index (χ1n) is 8.52. The van der Waals surface area contributed by atoms with Crippen LogP contribution in [0.3, 0.4) is 0 Å². The van der Waals surface area contributed by atoms with Crippen LogP contribution in [0.2, 0.25) is 0 Å². The number of ether oxygens (including phenoxy) is 2. The predicted molar refractivity (Wildman–Crippen MR) is 95.1 cm³/mol. The summed E-state index contributed by atoms with van der Waals surface area (Å²) in [5.74, 6) is -0.578. The molecule has 1 saturated heterocycles. The molecule has 146 valence electrons. The molecule has 1 aliphatic rings. The SMILES string of the molecule is CCOC(=O)NC(=O)CN1C(=O)N[C@@](C)(CCc2ccc(OC)cc2)C1=O. The Labute approximate surface area is 157 Å². The topological polar surface area (TPSA) is 114 Å². The molecule has 0 spiro atoms. The van der Waals surface area contributed by atoms with E-state index in [4.69, 9.17) is 4.74 Å². The minimum absolute atomic E-state index is 0.103. The second kappa shape index (κ2) is 8.52. The van der Waals surface area contributed by atoms with E-state index in [1.807, 2.05) is 29.6 Å². The van der Waals surface area contributed by atoms with Gasteiger partial charge in [0.25, 0.3) is 5.91 Å². The van der Waals surface area contributed by atoms with Crippen molar-refractivity contribution in [3.63, 3.8) is 0 Å². The van der Waals surface area contributed by atoms with Crippen molar-refractivity contribution in [2.45, 2.75) is 32.2 Å². The normalized spacial score (nSPS) is 18.9. The molecule has 9 nitrogen and oxygen atoms in total. The molecule has 1 aliphatic heterocycles.